The standard InChI is InChI=1S/C24H24N2O4/c27-24(18-5-1-4-17(14-18)21-7-3-11-28-21)26-10-2-6-20(16-26)25-19-8-9-22-23(15-19)30-13-12-29-22/h1,3-5,7-9,11,14-15,20,25H,2,6,10,12-13,16H2/t20-/m0/s1. The van der Waals surface area contributed by atoms with Crippen molar-refractivity contribution in [2.45, 2.75) is 18.9 Å². The Kier molecular flexibility index (Phi) is 5.05. The summed E-state index contributed by atoms with van der Waals surface area (Å²) in [7, 11) is 0. The van der Waals surface area contributed by atoms with E-state index in [2.05, 4.69) is 5.32 Å². The normalized spacial score (nSPS) is 18.1. The summed E-state index contributed by atoms with van der Waals surface area (Å²) < 4.78 is 16.7. The van der Waals surface area contributed by atoms with Crippen molar-refractivity contribution >= 4 is 11.6 Å². The van der Waals surface area contributed by atoms with Crippen LogP contribution in [-0.2, 0) is 0 Å². The molecule has 154 valence electrons. The number of carbonyl (C=O) groups is 1. The molecule has 2 aliphatic heterocycles. The number of furan rings is 1. The number of hydrogen-bond acceptors (Lipinski definition) is 5. The van der Waals surface area contributed by atoms with Gasteiger partial charge in [0.15, 0.2) is 11.5 Å². The Hall–Kier alpha value is -3.41. The minimum absolute atomic E-state index is 0.0529. The Morgan fingerprint density at radius 1 is 1.00 bits per heavy atom. The number of benzene rings is 2. The number of carbonyl (C=O) groups excluding carboxylic acids is 1. The first-order valence-electron chi connectivity index (χ1n) is 10.4. The fourth-order valence-electron chi connectivity index (χ4n) is 4.08. The van der Waals surface area contributed by atoms with Gasteiger partial charge in [-0.15, -0.1) is 0 Å². The Morgan fingerprint density at radius 3 is 2.77 bits per heavy atom. The third kappa shape index (κ3) is 3.85. The summed E-state index contributed by atoms with van der Waals surface area (Å²) in [4.78, 5) is 15.1. The van der Waals surface area contributed by atoms with Gasteiger partial charge < -0.3 is 24.1 Å². The van der Waals surface area contributed by atoms with Crippen molar-refractivity contribution in [1.82, 2.24) is 4.90 Å². The van der Waals surface area contributed by atoms with Crippen LogP contribution in [0.15, 0.2) is 65.3 Å². The fourth-order valence-corrected chi connectivity index (χ4v) is 4.08. The van der Waals surface area contributed by atoms with Crippen molar-refractivity contribution in [2.24, 2.45) is 0 Å². The van der Waals surface area contributed by atoms with E-state index in [1.165, 1.54) is 0 Å². The molecule has 0 aliphatic carbocycles. The first kappa shape index (κ1) is 18.6. The number of hydrogen-bond donors (Lipinski definition) is 1. The van der Waals surface area contributed by atoms with Gasteiger partial charge in [0.1, 0.15) is 19.0 Å². The Morgan fingerprint density at radius 2 is 1.90 bits per heavy atom. The third-order valence-corrected chi connectivity index (χ3v) is 5.54. The molecule has 1 amide bonds. The zero-order valence-corrected chi connectivity index (χ0v) is 16.7. The molecule has 6 heteroatoms. The van der Waals surface area contributed by atoms with Gasteiger partial charge in [-0.1, -0.05) is 12.1 Å². The minimum atomic E-state index is 0.0529. The molecule has 1 fully saturated rings. The molecule has 1 saturated heterocycles. The molecule has 3 aromatic rings. The summed E-state index contributed by atoms with van der Waals surface area (Å²) in [6, 6.07) is 17.5. The van der Waals surface area contributed by atoms with Crippen LogP contribution in [-0.4, -0.2) is 43.2 Å². The molecule has 0 radical (unpaired) electrons. The maximum absolute atomic E-state index is 13.1. The van der Waals surface area contributed by atoms with Crippen LogP contribution >= 0.6 is 0 Å². The van der Waals surface area contributed by atoms with E-state index in [4.69, 9.17) is 13.9 Å². The monoisotopic (exact) mass is 404 g/mol. The number of nitrogens with one attached hydrogen (secondary N) is 1. The number of ether oxygens (including phenoxy) is 2. The van der Waals surface area contributed by atoms with Gasteiger partial charge in [0.2, 0.25) is 0 Å². The van der Waals surface area contributed by atoms with Crippen LogP contribution in [0.5, 0.6) is 11.5 Å². The molecule has 3 heterocycles. The highest BCUT2D eigenvalue weighted by Crippen LogP contribution is 2.33. The summed E-state index contributed by atoms with van der Waals surface area (Å²) in [6.07, 6.45) is 3.62. The summed E-state index contributed by atoms with van der Waals surface area (Å²) in [5.74, 6) is 2.37. The van der Waals surface area contributed by atoms with Crippen LogP contribution in [0.2, 0.25) is 0 Å². The van der Waals surface area contributed by atoms with E-state index in [0.717, 1.165) is 47.9 Å². The topological polar surface area (TPSA) is 63.9 Å². The second kappa shape index (κ2) is 8.14. The van der Waals surface area contributed by atoms with Gasteiger partial charge in [0, 0.05) is 42.0 Å². The van der Waals surface area contributed by atoms with Crippen LogP contribution in [0.3, 0.4) is 0 Å². The summed E-state index contributed by atoms with van der Waals surface area (Å²) in [5.41, 5.74) is 2.58. The fraction of sp³-hybridized carbons (Fsp3) is 0.292. The predicted molar refractivity (Wildman–Crippen MR) is 114 cm³/mol. The first-order valence-corrected chi connectivity index (χ1v) is 10.4. The molecule has 6 nitrogen and oxygen atoms in total. The SMILES string of the molecule is O=C(c1cccc(-c2ccco2)c1)N1CCC[C@H](Nc2ccc3c(c2)OCCO3)C1. The molecular weight excluding hydrogens is 380 g/mol. The van der Waals surface area contributed by atoms with Gasteiger partial charge in [0.05, 0.1) is 6.26 Å². The molecule has 0 unspecified atom stereocenters. The van der Waals surface area contributed by atoms with Crippen LogP contribution < -0.4 is 14.8 Å². The van der Waals surface area contributed by atoms with Gasteiger partial charge in [-0.2, -0.15) is 0 Å². The quantitative estimate of drug-likeness (QED) is 0.697. The predicted octanol–water partition coefficient (Wildman–Crippen LogP) is 4.43. The van der Waals surface area contributed by atoms with Gasteiger partial charge >= 0.3 is 0 Å². The number of anilines is 1. The molecule has 1 aromatic heterocycles. The van der Waals surface area contributed by atoms with E-state index >= 15 is 0 Å². The van der Waals surface area contributed by atoms with Crippen molar-refractivity contribution in [3.63, 3.8) is 0 Å². The van der Waals surface area contributed by atoms with Crippen LogP contribution in [0.4, 0.5) is 5.69 Å². The van der Waals surface area contributed by atoms with E-state index < -0.39 is 0 Å². The Balaban J connectivity index is 1.27. The van der Waals surface area contributed by atoms with Crippen molar-refractivity contribution < 1.29 is 18.7 Å². The second-order valence-electron chi connectivity index (χ2n) is 7.65. The molecule has 2 aromatic carbocycles. The maximum atomic E-state index is 13.1. The average Bonchev–Trinajstić information content (AvgIpc) is 3.34. The van der Waals surface area contributed by atoms with Crippen LogP contribution in [0.25, 0.3) is 11.3 Å². The summed E-state index contributed by atoms with van der Waals surface area (Å²) in [6.45, 7) is 2.58. The summed E-state index contributed by atoms with van der Waals surface area (Å²) in [5, 5.41) is 3.56. The highest BCUT2D eigenvalue weighted by molar-refractivity contribution is 5.95. The van der Waals surface area contributed by atoms with Gasteiger partial charge in [0.25, 0.3) is 5.91 Å². The van der Waals surface area contributed by atoms with Gasteiger partial charge in [-0.3, -0.25) is 4.79 Å². The number of nitrogens with zero attached hydrogens (tertiary/aromatic N) is 1. The van der Waals surface area contributed by atoms with Crippen LogP contribution in [0, 0.1) is 0 Å². The lowest BCUT2D eigenvalue weighted by Crippen LogP contribution is -2.45. The molecule has 0 saturated carbocycles. The van der Waals surface area contributed by atoms with Crippen molar-refractivity contribution in [2.75, 3.05) is 31.6 Å². The second-order valence-corrected chi connectivity index (χ2v) is 7.65. The largest absolute Gasteiger partial charge is 0.486 e. The molecular formula is C24H24N2O4. The lowest BCUT2D eigenvalue weighted by molar-refractivity contribution is 0.0715. The van der Waals surface area contributed by atoms with Gasteiger partial charge in [-0.05, 0) is 49.2 Å². The third-order valence-electron chi connectivity index (χ3n) is 5.54. The van der Waals surface area contributed by atoms with Crippen molar-refractivity contribution in [1.29, 1.82) is 0 Å². The zero-order chi connectivity index (χ0) is 20.3. The number of piperidine rings is 1. The average molecular weight is 404 g/mol. The number of amides is 1. The van der Waals surface area contributed by atoms with E-state index in [1.807, 2.05) is 59.5 Å². The van der Waals surface area contributed by atoms with E-state index in [1.54, 1.807) is 6.26 Å². The van der Waals surface area contributed by atoms with Gasteiger partial charge in [-0.25, -0.2) is 0 Å². The highest BCUT2D eigenvalue weighted by atomic mass is 16.6. The lowest BCUT2D eigenvalue weighted by Gasteiger charge is -2.34. The lowest BCUT2D eigenvalue weighted by atomic mass is 10.0. The number of rotatable bonds is 4. The highest BCUT2D eigenvalue weighted by Gasteiger charge is 2.25. The van der Waals surface area contributed by atoms with Crippen molar-refractivity contribution in [3.8, 4) is 22.8 Å². The Labute approximate surface area is 175 Å². The zero-order valence-electron chi connectivity index (χ0n) is 16.7. The first-order chi connectivity index (χ1) is 14.8. The smallest absolute Gasteiger partial charge is 0.253 e. The molecule has 1 N–H and O–H groups in total. The summed E-state index contributed by atoms with van der Waals surface area (Å²) >= 11 is 0. The van der Waals surface area contributed by atoms with Crippen LogP contribution in [0.1, 0.15) is 23.2 Å². The molecule has 30 heavy (non-hydrogen) atoms. The van der Waals surface area contributed by atoms with Crippen molar-refractivity contribution in [3.05, 3.63) is 66.4 Å². The number of fused-ring (bicyclic) bond motifs is 1. The molecule has 0 bridgehead atoms. The molecule has 1 atom stereocenters. The number of likely N-dealkylation sites (tertiary alicyclic amines) is 1. The Bertz CT molecular complexity index is 1030. The maximum Gasteiger partial charge on any atom is 0.253 e. The van der Waals surface area contributed by atoms with E-state index in [0.29, 0.717) is 25.3 Å². The molecule has 0 spiro atoms. The minimum Gasteiger partial charge on any atom is -0.486 e. The van der Waals surface area contributed by atoms with E-state index in [-0.39, 0.29) is 11.9 Å². The molecule has 5 rings (SSSR count). The van der Waals surface area contributed by atoms with E-state index in [9.17, 15) is 4.79 Å². The molecule has 2 aliphatic rings.